The fraction of sp³-hybridized carbons (Fsp3) is 0.400. The van der Waals surface area contributed by atoms with E-state index in [1.807, 2.05) is 0 Å². The molecular weight excluding hydrogens is 303 g/mol. The van der Waals surface area contributed by atoms with E-state index >= 15 is 0 Å². The highest BCUT2D eigenvalue weighted by atomic mass is 32.2. The summed E-state index contributed by atoms with van der Waals surface area (Å²) in [6, 6.07) is 4.82. The lowest BCUT2D eigenvalue weighted by atomic mass is 10.1. The third kappa shape index (κ3) is 4.78. The van der Waals surface area contributed by atoms with Gasteiger partial charge in [0.25, 0.3) is 15.8 Å². The van der Waals surface area contributed by atoms with Gasteiger partial charge in [-0.1, -0.05) is 18.2 Å². The smallest absolute Gasteiger partial charge is 0.285 e. The maximum Gasteiger partial charge on any atom is 0.390 e. The minimum absolute atomic E-state index is 0.190. The number of nitro benzene ring substituents is 1. The first kappa shape index (κ1) is 16.4. The van der Waals surface area contributed by atoms with E-state index < -0.39 is 45.0 Å². The molecule has 1 rings (SSSR count). The van der Waals surface area contributed by atoms with Crippen LogP contribution in [0.3, 0.4) is 0 Å². The summed E-state index contributed by atoms with van der Waals surface area (Å²) in [5.74, 6) is 0. The summed E-state index contributed by atoms with van der Waals surface area (Å²) in [6.45, 7) is 0. The molecule has 0 aromatic heterocycles. The van der Waals surface area contributed by atoms with Gasteiger partial charge in [-0.15, -0.1) is 0 Å². The highest BCUT2D eigenvalue weighted by Gasteiger charge is 2.38. The summed E-state index contributed by atoms with van der Waals surface area (Å²) >= 11 is 0. The van der Waals surface area contributed by atoms with E-state index in [1.165, 1.54) is 12.1 Å². The van der Waals surface area contributed by atoms with Crippen molar-refractivity contribution in [1.29, 1.82) is 0 Å². The highest BCUT2D eigenvalue weighted by Crippen LogP contribution is 2.28. The Balaban J connectivity index is 3.12. The van der Waals surface area contributed by atoms with Crippen molar-refractivity contribution in [1.82, 2.24) is 0 Å². The van der Waals surface area contributed by atoms with Crippen molar-refractivity contribution in [2.75, 3.05) is 0 Å². The Morgan fingerprint density at radius 2 is 1.85 bits per heavy atom. The van der Waals surface area contributed by atoms with Gasteiger partial charge in [-0.3, -0.25) is 14.7 Å². The number of hydrogen-bond donors (Lipinski definition) is 1. The van der Waals surface area contributed by atoms with Crippen LogP contribution in [-0.2, 0) is 16.5 Å². The third-order valence-electron chi connectivity index (χ3n) is 2.52. The fourth-order valence-electron chi connectivity index (χ4n) is 1.65. The van der Waals surface area contributed by atoms with Crippen molar-refractivity contribution >= 4 is 15.8 Å². The summed E-state index contributed by atoms with van der Waals surface area (Å²) in [4.78, 5) is 9.88. The van der Waals surface area contributed by atoms with Crippen molar-refractivity contribution in [3.8, 4) is 0 Å². The van der Waals surface area contributed by atoms with Crippen LogP contribution in [0.1, 0.15) is 12.0 Å². The van der Waals surface area contributed by atoms with E-state index in [0.717, 1.165) is 12.1 Å². The van der Waals surface area contributed by atoms with Crippen molar-refractivity contribution in [3.63, 3.8) is 0 Å². The lowest BCUT2D eigenvalue weighted by Gasteiger charge is -2.15. The summed E-state index contributed by atoms with van der Waals surface area (Å²) in [5.41, 5.74) is -0.687. The zero-order chi connectivity index (χ0) is 15.6. The summed E-state index contributed by atoms with van der Waals surface area (Å²) in [6.07, 6.45) is -7.39. The molecule has 0 saturated heterocycles. The molecule has 1 atom stereocenters. The number of para-hydroxylation sites is 1. The van der Waals surface area contributed by atoms with E-state index in [1.54, 1.807) is 0 Å². The highest BCUT2D eigenvalue weighted by molar-refractivity contribution is 7.86. The Kier molecular flexibility index (Phi) is 4.71. The van der Waals surface area contributed by atoms with Crippen LogP contribution >= 0.6 is 0 Å². The predicted octanol–water partition coefficient (Wildman–Crippen LogP) is 2.35. The summed E-state index contributed by atoms with van der Waals surface area (Å²) in [5, 5.41) is 8.53. The molecule has 0 heterocycles. The van der Waals surface area contributed by atoms with Crippen molar-refractivity contribution in [2.45, 2.75) is 24.3 Å². The Morgan fingerprint density at radius 1 is 1.30 bits per heavy atom. The van der Waals surface area contributed by atoms with Crippen LogP contribution in [-0.4, -0.2) is 29.3 Å². The Bertz CT molecular complexity index is 599. The second kappa shape index (κ2) is 5.75. The first-order valence-electron chi connectivity index (χ1n) is 5.26. The molecule has 10 heteroatoms. The Morgan fingerprint density at radius 3 is 2.30 bits per heavy atom. The molecule has 1 N–H and O–H groups in total. The van der Waals surface area contributed by atoms with Crippen LogP contribution in [0.15, 0.2) is 24.3 Å². The molecule has 6 nitrogen and oxygen atoms in total. The van der Waals surface area contributed by atoms with Gasteiger partial charge in [0.15, 0.2) is 0 Å². The van der Waals surface area contributed by atoms with Gasteiger partial charge in [-0.05, 0) is 6.42 Å². The van der Waals surface area contributed by atoms with Gasteiger partial charge in [0.1, 0.15) is 0 Å². The summed E-state index contributed by atoms with van der Waals surface area (Å²) in [7, 11) is -4.98. The van der Waals surface area contributed by atoms with Gasteiger partial charge in [-0.2, -0.15) is 21.6 Å². The number of hydrogen-bond acceptors (Lipinski definition) is 4. The van der Waals surface area contributed by atoms with Gasteiger partial charge >= 0.3 is 6.18 Å². The number of alkyl halides is 3. The number of rotatable bonds is 5. The van der Waals surface area contributed by atoms with Crippen molar-refractivity contribution in [2.24, 2.45) is 0 Å². The van der Waals surface area contributed by atoms with Gasteiger partial charge < -0.3 is 0 Å². The summed E-state index contributed by atoms with van der Waals surface area (Å²) < 4.78 is 67.7. The minimum atomic E-state index is -4.98. The molecular formula is C10H10F3NO5S. The second-order valence-electron chi connectivity index (χ2n) is 4.05. The zero-order valence-corrected chi connectivity index (χ0v) is 10.7. The normalized spacial score (nSPS) is 14.0. The van der Waals surface area contributed by atoms with E-state index in [-0.39, 0.29) is 5.56 Å². The first-order chi connectivity index (χ1) is 9.00. The molecule has 0 saturated carbocycles. The SMILES string of the molecule is O=[N+]([O-])c1ccccc1CC(CC(F)(F)F)S(=O)(=O)O. The van der Waals surface area contributed by atoms with Crippen LogP contribution in [0.4, 0.5) is 18.9 Å². The maximum absolute atomic E-state index is 12.3. The van der Waals surface area contributed by atoms with E-state index in [0.29, 0.717) is 0 Å². The molecule has 0 amide bonds. The van der Waals surface area contributed by atoms with Gasteiger partial charge in [0, 0.05) is 11.6 Å². The van der Waals surface area contributed by atoms with Crippen LogP contribution in [0.2, 0.25) is 0 Å². The van der Waals surface area contributed by atoms with Gasteiger partial charge in [0.05, 0.1) is 16.6 Å². The minimum Gasteiger partial charge on any atom is -0.285 e. The molecule has 112 valence electrons. The quantitative estimate of drug-likeness (QED) is 0.511. The molecule has 0 radical (unpaired) electrons. The van der Waals surface area contributed by atoms with Crippen molar-refractivity contribution < 1.29 is 31.1 Å². The van der Waals surface area contributed by atoms with E-state index in [9.17, 15) is 31.7 Å². The average molecular weight is 313 g/mol. The largest absolute Gasteiger partial charge is 0.390 e. The molecule has 1 aromatic rings. The first-order valence-corrected chi connectivity index (χ1v) is 6.76. The lowest BCUT2D eigenvalue weighted by molar-refractivity contribution is -0.385. The number of benzene rings is 1. The maximum atomic E-state index is 12.3. The molecule has 1 unspecified atom stereocenters. The standard InChI is InChI=1S/C10H10F3NO5S/c11-10(12,13)6-8(20(17,18)19)5-7-3-1-2-4-9(7)14(15)16/h1-4,8H,5-6H2,(H,17,18,19). The fourth-order valence-corrected chi connectivity index (χ4v) is 2.44. The molecule has 0 spiro atoms. The Labute approximate surface area is 112 Å². The van der Waals surface area contributed by atoms with Gasteiger partial charge in [0.2, 0.25) is 0 Å². The number of nitro groups is 1. The lowest BCUT2D eigenvalue weighted by Crippen LogP contribution is -2.29. The molecule has 20 heavy (non-hydrogen) atoms. The van der Waals surface area contributed by atoms with Crippen LogP contribution in [0.25, 0.3) is 0 Å². The molecule has 0 bridgehead atoms. The number of halogens is 3. The van der Waals surface area contributed by atoms with Crippen LogP contribution in [0.5, 0.6) is 0 Å². The Hall–Kier alpha value is -1.68. The molecule has 0 aliphatic carbocycles. The average Bonchev–Trinajstić information content (AvgIpc) is 2.25. The molecule has 0 aliphatic rings. The topological polar surface area (TPSA) is 97.5 Å². The van der Waals surface area contributed by atoms with E-state index in [4.69, 9.17) is 4.55 Å². The zero-order valence-electron chi connectivity index (χ0n) is 9.87. The number of nitrogens with zero attached hydrogens (tertiary/aromatic N) is 1. The molecule has 1 aromatic carbocycles. The molecule has 0 aliphatic heterocycles. The third-order valence-corrected chi connectivity index (χ3v) is 3.69. The van der Waals surface area contributed by atoms with Crippen molar-refractivity contribution in [3.05, 3.63) is 39.9 Å². The van der Waals surface area contributed by atoms with E-state index in [2.05, 4.69) is 0 Å². The van der Waals surface area contributed by atoms with Crippen LogP contribution < -0.4 is 0 Å². The monoisotopic (exact) mass is 313 g/mol. The second-order valence-corrected chi connectivity index (χ2v) is 5.74. The molecule has 0 fully saturated rings. The van der Waals surface area contributed by atoms with Gasteiger partial charge in [-0.25, -0.2) is 0 Å². The predicted molar refractivity (Wildman–Crippen MR) is 62.8 cm³/mol. The van der Waals surface area contributed by atoms with Crippen LogP contribution in [0, 0.1) is 10.1 Å².